The highest BCUT2D eigenvalue weighted by Gasteiger charge is 2.02. The molecule has 0 amide bonds. The minimum Gasteiger partial charge on any atom is -0.0620 e. The Kier molecular flexibility index (Phi) is 1.79. The summed E-state index contributed by atoms with van der Waals surface area (Å²) in [4.78, 5) is 0. The second kappa shape index (κ2) is 3.67. The summed E-state index contributed by atoms with van der Waals surface area (Å²) in [5.41, 5.74) is 4.40. The molecule has 2 aromatic carbocycles. The maximum Gasteiger partial charge on any atom is 0.0623 e. The number of aryl methyl sites for hydroxylation is 2. The molecule has 0 aromatic heterocycles. The van der Waals surface area contributed by atoms with E-state index >= 15 is 0 Å². The van der Waals surface area contributed by atoms with E-state index < -0.39 is 0 Å². The maximum atomic E-state index is 7.66. The summed E-state index contributed by atoms with van der Waals surface area (Å²) in [6.45, 7) is 4.07. The van der Waals surface area contributed by atoms with Crippen molar-refractivity contribution < 1.29 is 2.74 Å². The quantitative estimate of drug-likeness (QED) is 0.629. The molecular formula is C14H14. The Morgan fingerprint density at radius 1 is 0.786 bits per heavy atom. The predicted octanol–water partition coefficient (Wildman–Crippen LogP) is 3.97. The summed E-state index contributed by atoms with van der Waals surface area (Å²) in [6, 6.07) is 12.2. The van der Waals surface area contributed by atoms with Gasteiger partial charge in [-0.05, 0) is 36.1 Å². The molecule has 0 aliphatic carbocycles. The molecule has 0 radical (unpaired) electrons. The van der Waals surface area contributed by atoms with Crippen molar-refractivity contribution in [3.63, 3.8) is 0 Å². The lowest BCUT2D eigenvalue weighted by molar-refractivity contribution is 1.41. The van der Waals surface area contributed by atoms with Crippen molar-refractivity contribution in [2.75, 3.05) is 0 Å². The van der Waals surface area contributed by atoms with Gasteiger partial charge in [-0.2, -0.15) is 0 Å². The highest BCUT2D eigenvalue weighted by molar-refractivity contribution is 5.70. The van der Waals surface area contributed by atoms with Crippen LogP contribution in [0.2, 0.25) is 0 Å². The van der Waals surface area contributed by atoms with Crippen LogP contribution in [0.5, 0.6) is 0 Å². The van der Waals surface area contributed by atoms with E-state index in [0.717, 1.165) is 22.3 Å². The summed E-state index contributed by atoms with van der Waals surface area (Å²) in [7, 11) is 0. The third kappa shape index (κ3) is 1.56. The zero-order valence-electron chi connectivity index (χ0n) is 10.5. The second-order valence-electron chi connectivity index (χ2n) is 3.48. The number of benzene rings is 2. The second-order valence-corrected chi connectivity index (χ2v) is 3.48. The van der Waals surface area contributed by atoms with Gasteiger partial charge >= 0.3 is 0 Å². The average molecular weight is 184 g/mol. The van der Waals surface area contributed by atoms with Crippen LogP contribution in [0.25, 0.3) is 11.1 Å². The summed E-state index contributed by atoms with van der Waals surface area (Å²) >= 11 is 0. The van der Waals surface area contributed by atoms with Gasteiger partial charge in [0, 0.05) is 0 Å². The topological polar surface area (TPSA) is 0 Å². The van der Waals surface area contributed by atoms with Gasteiger partial charge in [-0.25, -0.2) is 0 Å². The largest absolute Gasteiger partial charge is 0.0623 e. The lowest BCUT2D eigenvalue weighted by Gasteiger charge is -2.08. The molecule has 0 fully saturated rings. The van der Waals surface area contributed by atoms with Gasteiger partial charge in [-0.15, -0.1) is 0 Å². The average Bonchev–Trinajstić information content (AvgIpc) is 2.25. The molecule has 0 nitrogen and oxygen atoms in total. The van der Waals surface area contributed by atoms with Crippen molar-refractivity contribution in [2.45, 2.75) is 13.8 Å². The Hall–Kier alpha value is -1.56. The first-order valence-electron chi connectivity index (χ1n) is 5.73. The Morgan fingerprint density at radius 3 is 1.64 bits per heavy atom. The molecule has 0 unspecified atom stereocenters. The smallest absolute Gasteiger partial charge is 0.0620 e. The molecule has 70 valence electrons. The van der Waals surface area contributed by atoms with Crippen LogP contribution in [0, 0.1) is 13.8 Å². The maximum absolute atomic E-state index is 7.66. The zero-order valence-corrected chi connectivity index (χ0v) is 8.46. The monoisotopic (exact) mass is 184 g/mol. The van der Waals surface area contributed by atoms with Crippen LogP contribution in [-0.2, 0) is 0 Å². The summed E-state index contributed by atoms with van der Waals surface area (Å²) in [6.07, 6.45) is 0. The first kappa shape index (κ1) is 6.83. The van der Waals surface area contributed by atoms with Crippen LogP contribution in [0.1, 0.15) is 13.9 Å². The molecule has 0 N–H and O–H groups in total. The third-order valence-corrected chi connectivity index (χ3v) is 2.45. The molecule has 0 saturated carbocycles. The Labute approximate surface area is 88.0 Å². The van der Waals surface area contributed by atoms with Crippen molar-refractivity contribution in [3.05, 3.63) is 59.6 Å². The summed E-state index contributed by atoms with van der Waals surface area (Å²) < 4.78 is 15.3. The summed E-state index contributed by atoms with van der Waals surface area (Å²) in [5, 5.41) is 0. The van der Waals surface area contributed by atoms with E-state index in [-0.39, 0.29) is 0 Å². The van der Waals surface area contributed by atoms with Crippen LogP contribution in [0.4, 0.5) is 0 Å². The fourth-order valence-electron chi connectivity index (χ4n) is 1.60. The fraction of sp³-hybridized carbons (Fsp3) is 0.143. The van der Waals surface area contributed by atoms with E-state index in [1.54, 1.807) is 12.1 Å². The van der Waals surface area contributed by atoms with Crippen molar-refractivity contribution in [2.24, 2.45) is 0 Å². The highest BCUT2D eigenvalue weighted by atomic mass is 14.1. The molecule has 0 atom stereocenters. The van der Waals surface area contributed by atoms with Crippen molar-refractivity contribution >= 4 is 0 Å². The van der Waals surface area contributed by atoms with Gasteiger partial charge in [-0.1, -0.05) is 48.5 Å². The Bertz CT molecular complexity index is 481. The van der Waals surface area contributed by atoms with Gasteiger partial charge in [-0.3, -0.25) is 0 Å². The molecule has 2 aromatic rings. The van der Waals surface area contributed by atoms with E-state index in [1.165, 1.54) is 0 Å². The first-order valence-corrected chi connectivity index (χ1v) is 4.73. The zero-order chi connectivity index (χ0) is 11.7. The molecule has 0 bridgehead atoms. The number of rotatable bonds is 1. The van der Waals surface area contributed by atoms with Crippen molar-refractivity contribution in [1.29, 1.82) is 0 Å². The Balaban J connectivity index is 2.66. The molecule has 14 heavy (non-hydrogen) atoms. The van der Waals surface area contributed by atoms with E-state index in [2.05, 4.69) is 0 Å². The van der Waals surface area contributed by atoms with Gasteiger partial charge in [0.25, 0.3) is 0 Å². The van der Waals surface area contributed by atoms with E-state index in [1.807, 2.05) is 38.1 Å². The van der Waals surface area contributed by atoms with E-state index in [9.17, 15) is 0 Å². The van der Waals surface area contributed by atoms with Crippen LogP contribution in [0.3, 0.4) is 0 Å². The molecule has 0 aliphatic rings. The highest BCUT2D eigenvalue weighted by Crippen LogP contribution is 2.25. The SMILES string of the molecule is [2H]c1ccc(C)c(-c2cc([2H])ccc2C)c1. The number of hydrogen-bond acceptors (Lipinski definition) is 0. The molecule has 0 saturated heterocycles. The minimum atomic E-state index is 0.510. The van der Waals surface area contributed by atoms with Crippen molar-refractivity contribution in [1.82, 2.24) is 0 Å². The molecular weight excluding hydrogens is 168 g/mol. The molecule has 2 rings (SSSR count). The summed E-state index contributed by atoms with van der Waals surface area (Å²) in [5.74, 6) is 0. The fourth-order valence-corrected chi connectivity index (χ4v) is 1.60. The van der Waals surface area contributed by atoms with Gasteiger partial charge in [0.2, 0.25) is 0 Å². The van der Waals surface area contributed by atoms with Gasteiger partial charge in [0.1, 0.15) is 0 Å². The molecule has 0 heteroatoms. The van der Waals surface area contributed by atoms with E-state index in [0.29, 0.717) is 12.1 Å². The predicted molar refractivity (Wildman–Crippen MR) is 61.4 cm³/mol. The number of hydrogen-bond donors (Lipinski definition) is 0. The first-order chi connectivity index (χ1) is 7.58. The van der Waals surface area contributed by atoms with Crippen molar-refractivity contribution in [3.8, 4) is 11.1 Å². The Morgan fingerprint density at radius 2 is 1.21 bits per heavy atom. The molecule has 0 spiro atoms. The van der Waals surface area contributed by atoms with Crippen LogP contribution < -0.4 is 0 Å². The van der Waals surface area contributed by atoms with Gasteiger partial charge in [0.15, 0.2) is 0 Å². The third-order valence-electron chi connectivity index (χ3n) is 2.45. The standard InChI is InChI=1S/C14H14/c1-11-7-3-5-9-13(11)14-10-6-4-8-12(14)2/h3-10H,1-2H3/i5D,6D. The lowest BCUT2D eigenvalue weighted by Crippen LogP contribution is -1.85. The normalized spacial score (nSPS) is 12.1. The minimum absolute atomic E-state index is 0.510. The van der Waals surface area contributed by atoms with Crippen LogP contribution >= 0.6 is 0 Å². The van der Waals surface area contributed by atoms with Crippen LogP contribution in [-0.4, -0.2) is 0 Å². The molecule has 0 aliphatic heterocycles. The van der Waals surface area contributed by atoms with Gasteiger partial charge < -0.3 is 0 Å². The van der Waals surface area contributed by atoms with E-state index in [4.69, 9.17) is 2.74 Å². The molecule has 0 heterocycles. The van der Waals surface area contributed by atoms with Crippen LogP contribution in [0.15, 0.2) is 48.5 Å². The lowest BCUT2D eigenvalue weighted by atomic mass is 9.97. The van der Waals surface area contributed by atoms with Gasteiger partial charge in [0.05, 0.1) is 2.74 Å².